The fourth-order valence-corrected chi connectivity index (χ4v) is 3.02. The van der Waals surface area contributed by atoms with Gasteiger partial charge in [0.05, 0.1) is 12.2 Å². The first-order valence-corrected chi connectivity index (χ1v) is 7.58. The standard InChI is InChI=1S/C14H14N2O4S/c17-12(16-6-9(7-16)5-13(18)19)8-21-14-15-10-3-1-2-4-11(10)20-14/h1-4,9H,5-8H2,(H,18,19). The summed E-state index contributed by atoms with van der Waals surface area (Å²) in [5.74, 6) is -0.482. The number of amides is 1. The molecule has 0 aliphatic carbocycles. The molecule has 0 radical (unpaired) electrons. The van der Waals surface area contributed by atoms with E-state index < -0.39 is 5.97 Å². The van der Waals surface area contributed by atoms with Crippen LogP contribution in [0.2, 0.25) is 0 Å². The number of rotatable bonds is 5. The first kappa shape index (κ1) is 13.9. The zero-order valence-electron chi connectivity index (χ0n) is 11.2. The van der Waals surface area contributed by atoms with Gasteiger partial charge in [-0.15, -0.1) is 0 Å². The smallest absolute Gasteiger partial charge is 0.303 e. The molecule has 2 aromatic rings. The summed E-state index contributed by atoms with van der Waals surface area (Å²) in [6.07, 6.45) is 0.127. The Kier molecular flexibility index (Phi) is 3.83. The maximum Gasteiger partial charge on any atom is 0.303 e. The third kappa shape index (κ3) is 3.18. The lowest BCUT2D eigenvalue weighted by atomic mass is 9.96. The third-order valence-corrected chi connectivity index (χ3v) is 4.18. The number of carboxylic acids is 1. The second-order valence-electron chi connectivity index (χ2n) is 5.00. The molecule has 7 heteroatoms. The van der Waals surface area contributed by atoms with Crippen molar-refractivity contribution >= 4 is 34.7 Å². The van der Waals surface area contributed by atoms with Gasteiger partial charge in [-0.2, -0.15) is 0 Å². The lowest BCUT2D eigenvalue weighted by Gasteiger charge is -2.38. The summed E-state index contributed by atoms with van der Waals surface area (Å²) < 4.78 is 5.53. The highest BCUT2D eigenvalue weighted by molar-refractivity contribution is 7.99. The Balaban J connectivity index is 1.49. The van der Waals surface area contributed by atoms with E-state index in [1.807, 2.05) is 24.3 Å². The molecule has 0 saturated carbocycles. The number of carbonyl (C=O) groups excluding carboxylic acids is 1. The average molecular weight is 306 g/mol. The number of oxazole rings is 1. The Bertz CT molecular complexity index is 645. The maximum atomic E-state index is 11.9. The summed E-state index contributed by atoms with van der Waals surface area (Å²) >= 11 is 1.26. The number of carbonyl (C=O) groups is 2. The van der Waals surface area contributed by atoms with E-state index in [1.165, 1.54) is 11.8 Å². The lowest BCUT2D eigenvalue weighted by Crippen LogP contribution is -2.51. The number of thioether (sulfide) groups is 1. The molecule has 1 amide bonds. The van der Waals surface area contributed by atoms with E-state index in [4.69, 9.17) is 9.52 Å². The van der Waals surface area contributed by atoms with Crippen molar-refractivity contribution in [2.75, 3.05) is 18.8 Å². The van der Waals surface area contributed by atoms with Crippen molar-refractivity contribution in [3.8, 4) is 0 Å². The van der Waals surface area contributed by atoms with Crippen LogP contribution in [0.25, 0.3) is 11.1 Å². The van der Waals surface area contributed by atoms with Crippen molar-refractivity contribution in [2.24, 2.45) is 5.92 Å². The van der Waals surface area contributed by atoms with E-state index >= 15 is 0 Å². The molecule has 0 bridgehead atoms. The molecule has 21 heavy (non-hydrogen) atoms. The molecule has 0 spiro atoms. The number of aliphatic carboxylic acids is 1. The highest BCUT2D eigenvalue weighted by Crippen LogP contribution is 2.25. The highest BCUT2D eigenvalue weighted by atomic mass is 32.2. The van der Waals surface area contributed by atoms with Crippen molar-refractivity contribution < 1.29 is 19.1 Å². The summed E-state index contributed by atoms with van der Waals surface area (Å²) in [4.78, 5) is 28.4. The van der Waals surface area contributed by atoms with Gasteiger partial charge >= 0.3 is 5.97 Å². The quantitative estimate of drug-likeness (QED) is 0.849. The van der Waals surface area contributed by atoms with Crippen LogP contribution in [0.1, 0.15) is 6.42 Å². The SMILES string of the molecule is O=C(O)CC1CN(C(=O)CSc2nc3ccccc3o2)C1. The number of nitrogens with zero attached hydrogens (tertiary/aromatic N) is 2. The second-order valence-corrected chi connectivity index (χ2v) is 5.93. The predicted molar refractivity (Wildman–Crippen MR) is 77.1 cm³/mol. The Morgan fingerprint density at radius 3 is 2.86 bits per heavy atom. The molecule has 1 saturated heterocycles. The van der Waals surface area contributed by atoms with Gasteiger partial charge < -0.3 is 14.4 Å². The molecule has 3 rings (SSSR count). The van der Waals surface area contributed by atoms with Crippen LogP contribution in [0, 0.1) is 5.92 Å². The fraction of sp³-hybridized carbons (Fsp3) is 0.357. The van der Waals surface area contributed by atoms with Crippen LogP contribution in [0.5, 0.6) is 0 Å². The summed E-state index contributed by atoms with van der Waals surface area (Å²) in [6.45, 7) is 1.05. The minimum atomic E-state index is -0.812. The van der Waals surface area contributed by atoms with Gasteiger partial charge in [0.15, 0.2) is 5.58 Å². The summed E-state index contributed by atoms with van der Waals surface area (Å²) in [5.41, 5.74) is 1.48. The Hall–Kier alpha value is -2.02. The topological polar surface area (TPSA) is 83.6 Å². The molecule has 0 unspecified atom stereocenters. The van der Waals surface area contributed by atoms with Crippen molar-refractivity contribution in [2.45, 2.75) is 11.6 Å². The molecule has 6 nitrogen and oxygen atoms in total. The van der Waals surface area contributed by atoms with E-state index in [1.54, 1.807) is 4.90 Å². The molecule has 1 aliphatic heterocycles. The monoisotopic (exact) mass is 306 g/mol. The average Bonchev–Trinajstić information content (AvgIpc) is 2.82. The molecule has 1 N–H and O–H groups in total. The van der Waals surface area contributed by atoms with E-state index in [2.05, 4.69) is 4.98 Å². The summed E-state index contributed by atoms with van der Waals surface area (Å²) in [5, 5.41) is 9.15. The fourth-order valence-electron chi connectivity index (χ4n) is 2.28. The van der Waals surface area contributed by atoms with Gasteiger partial charge in [0.1, 0.15) is 5.52 Å². The first-order chi connectivity index (χ1) is 10.1. The Morgan fingerprint density at radius 1 is 1.38 bits per heavy atom. The van der Waals surface area contributed by atoms with Crippen LogP contribution in [0.4, 0.5) is 0 Å². The number of carboxylic acid groups (broad SMARTS) is 1. The van der Waals surface area contributed by atoms with Crippen LogP contribution < -0.4 is 0 Å². The maximum absolute atomic E-state index is 11.9. The van der Waals surface area contributed by atoms with Crippen molar-refractivity contribution in [3.63, 3.8) is 0 Å². The van der Waals surface area contributed by atoms with Crippen LogP contribution in [-0.2, 0) is 9.59 Å². The molecule has 2 heterocycles. The first-order valence-electron chi connectivity index (χ1n) is 6.60. The van der Waals surface area contributed by atoms with Gasteiger partial charge in [0, 0.05) is 19.0 Å². The van der Waals surface area contributed by atoms with Gasteiger partial charge in [0.2, 0.25) is 5.91 Å². The minimum Gasteiger partial charge on any atom is -0.481 e. The Labute approximate surface area is 125 Å². The highest BCUT2D eigenvalue weighted by Gasteiger charge is 2.31. The van der Waals surface area contributed by atoms with Gasteiger partial charge in [-0.05, 0) is 12.1 Å². The molecular formula is C14H14N2O4S. The number of para-hydroxylation sites is 2. The van der Waals surface area contributed by atoms with Gasteiger partial charge in [-0.1, -0.05) is 23.9 Å². The third-order valence-electron chi connectivity index (χ3n) is 3.37. The van der Waals surface area contributed by atoms with Crippen molar-refractivity contribution in [1.29, 1.82) is 0 Å². The number of benzene rings is 1. The van der Waals surface area contributed by atoms with E-state index in [9.17, 15) is 9.59 Å². The van der Waals surface area contributed by atoms with Crippen LogP contribution in [0.3, 0.4) is 0 Å². The molecule has 0 atom stereocenters. The number of hydrogen-bond acceptors (Lipinski definition) is 5. The summed E-state index contributed by atoms with van der Waals surface area (Å²) in [7, 11) is 0. The van der Waals surface area contributed by atoms with Gasteiger partial charge in [-0.25, -0.2) is 4.98 Å². The second kappa shape index (κ2) is 5.77. The normalized spacial score (nSPS) is 15.1. The van der Waals surface area contributed by atoms with Gasteiger partial charge in [-0.3, -0.25) is 9.59 Å². The zero-order valence-corrected chi connectivity index (χ0v) is 12.0. The van der Waals surface area contributed by atoms with E-state index in [0.717, 1.165) is 5.52 Å². The lowest BCUT2D eigenvalue weighted by molar-refractivity contribution is -0.143. The number of aromatic nitrogens is 1. The van der Waals surface area contributed by atoms with Crippen LogP contribution >= 0.6 is 11.8 Å². The molecule has 1 aliphatic rings. The van der Waals surface area contributed by atoms with Crippen LogP contribution in [0.15, 0.2) is 33.9 Å². The van der Waals surface area contributed by atoms with Crippen LogP contribution in [-0.4, -0.2) is 45.7 Å². The zero-order chi connectivity index (χ0) is 14.8. The predicted octanol–water partition coefficient (Wildman–Crippen LogP) is 1.85. The summed E-state index contributed by atoms with van der Waals surface area (Å²) in [6, 6.07) is 7.44. The van der Waals surface area contributed by atoms with Gasteiger partial charge in [0.25, 0.3) is 5.22 Å². The molecule has 1 aromatic carbocycles. The minimum absolute atomic E-state index is 0.0103. The largest absolute Gasteiger partial charge is 0.481 e. The number of hydrogen-bond donors (Lipinski definition) is 1. The van der Waals surface area contributed by atoms with E-state index in [0.29, 0.717) is 23.9 Å². The molecule has 110 valence electrons. The molecule has 1 fully saturated rings. The van der Waals surface area contributed by atoms with E-state index in [-0.39, 0.29) is 24.0 Å². The molecule has 1 aromatic heterocycles. The van der Waals surface area contributed by atoms with Crippen molar-refractivity contribution in [1.82, 2.24) is 9.88 Å². The molecular weight excluding hydrogens is 292 g/mol. The number of fused-ring (bicyclic) bond motifs is 1. The van der Waals surface area contributed by atoms with Crippen molar-refractivity contribution in [3.05, 3.63) is 24.3 Å². The Morgan fingerprint density at radius 2 is 2.14 bits per heavy atom. The number of likely N-dealkylation sites (tertiary alicyclic amines) is 1.